The normalized spacial score (nSPS) is 11.5. The third-order valence-corrected chi connectivity index (χ3v) is 5.75. The summed E-state index contributed by atoms with van der Waals surface area (Å²) in [6.07, 6.45) is 0. The minimum Gasteiger partial charge on any atom is -0.360 e. The van der Waals surface area contributed by atoms with Crippen molar-refractivity contribution >= 4 is 27.2 Å². The van der Waals surface area contributed by atoms with E-state index in [0.717, 1.165) is 10.4 Å². The van der Waals surface area contributed by atoms with Crippen LogP contribution < -0.4 is 4.72 Å². The Bertz CT molecular complexity index is 851. The highest BCUT2D eigenvalue weighted by molar-refractivity contribution is 7.94. The van der Waals surface area contributed by atoms with Crippen LogP contribution in [0.1, 0.15) is 5.76 Å². The van der Waals surface area contributed by atoms with E-state index in [0.29, 0.717) is 5.76 Å². The molecule has 0 aliphatic heterocycles. The largest absolute Gasteiger partial charge is 0.360 e. The first kappa shape index (κ1) is 13.8. The molecule has 2 heterocycles. The molecule has 108 valence electrons. The summed E-state index contributed by atoms with van der Waals surface area (Å²) < 4.78 is 32.0. The molecule has 0 bridgehead atoms. The summed E-state index contributed by atoms with van der Waals surface area (Å²) in [4.78, 5) is 0.896. The molecule has 21 heavy (non-hydrogen) atoms. The van der Waals surface area contributed by atoms with E-state index in [1.54, 1.807) is 19.1 Å². The van der Waals surface area contributed by atoms with E-state index >= 15 is 0 Å². The van der Waals surface area contributed by atoms with Gasteiger partial charge in [-0.05, 0) is 24.6 Å². The molecule has 5 nitrogen and oxygen atoms in total. The van der Waals surface area contributed by atoms with Crippen LogP contribution in [0.2, 0.25) is 0 Å². The van der Waals surface area contributed by atoms with Crippen molar-refractivity contribution in [3.05, 3.63) is 54.3 Å². The van der Waals surface area contributed by atoms with E-state index in [-0.39, 0.29) is 10.0 Å². The average Bonchev–Trinajstić information content (AvgIpc) is 3.09. The van der Waals surface area contributed by atoms with Crippen molar-refractivity contribution in [1.82, 2.24) is 5.16 Å². The number of aromatic nitrogens is 1. The fourth-order valence-corrected chi connectivity index (χ4v) is 4.12. The fourth-order valence-electron chi connectivity index (χ4n) is 1.82. The quantitative estimate of drug-likeness (QED) is 0.798. The molecular weight excluding hydrogens is 308 g/mol. The average molecular weight is 320 g/mol. The lowest BCUT2D eigenvalue weighted by Gasteiger charge is -2.01. The number of hydrogen-bond acceptors (Lipinski definition) is 5. The predicted octanol–water partition coefficient (Wildman–Crippen LogP) is 3.51. The molecular formula is C14H12N2O3S2. The van der Waals surface area contributed by atoms with Gasteiger partial charge in [0.25, 0.3) is 10.0 Å². The van der Waals surface area contributed by atoms with Gasteiger partial charge >= 0.3 is 0 Å². The number of benzene rings is 1. The number of thiophene rings is 1. The molecule has 0 aliphatic carbocycles. The van der Waals surface area contributed by atoms with Crippen molar-refractivity contribution in [2.75, 3.05) is 4.72 Å². The summed E-state index contributed by atoms with van der Waals surface area (Å²) in [5.74, 6) is 0.728. The molecule has 0 saturated carbocycles. The topological polar surface area (TPSA) is 72.2 Å². The lowest BCUT2D eigenvalue weighted by molar-refractivity contribution is 0.400. The Morgan fingerprint density at radius 2 is 1.90 bits per heavy atom. The van der Waals surface area contributed by atoms with Gasteiger partial charge < -0.3 is 4.52 Å². The lowest BCUT2D eigenvalue weighted by Crippen LogP contribution is -2.11. The van der Waals surface area contributed by atoms with E-state index < -0.39 is 10.0 Å². The summed E-state index contributed by atoms with van der Waals surface area (Å²) in [5, 5.41) is 3.63. The van der Waals surface area contributed by atoms with Gasteiger partial charge in [-0.3, -0.25) is 4.72 Å². The minimum absolute atomic E-state index is 0.183. The number of aryl methyl sites for hydroxylation is 1. The van der Waals surface area contributed by atoms with Crippen molar-refractivity contribution < 1.29 is 12.9 Å². The van der Waals surface area contributed by atoms with Gasteiger partial charge in [-0.1, -0.05) is 35.5 Å². The summed E-state index contributed by atoms with van der Waals surface area (Å²) in [5.41, 5.74) is 0.987. The Morgan fingerprint density at radius 1 is 1.14 bits per heavy atom. The molecule has 0 aliphatic rings. The molecule has 0 atom stereocenters. The first-order valence-electron chi connectivity index (χ1n) is 6.16. The third kappa shape index (κ3) is 2.98. The van der Waals surface area contributed by atoms with Crippen LogP contribution in [0.15, 0.2) is 57.3 Å². The SMILES string of the molecule is Cc1cc(NS(=O)(=O)c2ccc(-c3ccccc3)s2)no1. The van der Waals surface area contributed by atoms with Gasteiger partial charge in [-0.25, -0.2) is 8.42 Å². The smallest absolute Gasteiger partial charge is 0.272 e. The maximum atomic E-state index is 12.3. The van der Waals surface area contributed by atoms with Crippen LogP contribution in [0.25, 0.3) is 10.4 Å². The standard InChI is InChI=1S/C14H12N2O3S2/c1-10-9-13(15-19-10)16-21(17,18)14-8-7-12(20-14)11-5-3-2-4-6-11/h2-9H,1H3,(H,15,16). The number of sulfonamides is 1. The second kappa shape index (κ2) is 5.34. The summed E-state index contributed by atoms with van der Waals surface area (Å²) in [6.45, 7) is 1.70. The lowest BCUT2D eigenvalue weighted by atomic mass is 10.2. The Morgan fingerprint density at radius 3 is 2.57 bits per heavy atom. The predicted molar refractivity (Wildman–Crippen MR) is 81.8 cm³/mol. The molecule has 0 fully saturated rings. The molecule has 0 unspecified atom stereocenters. The Kier molecular flexibility index (Phi) is 3.52. The van der Waals surface area contributed by atoms with E-state index in [9.17, 15) is 8.42 Å². The highest BCUT2D eigenvalue weighted by atomic mass is 32.2. The number of nitrogens with zero attached hydrogens (tertiary/aromatic N) is 1. The second-order valence-electron chi connectivity index (χ2n) is 4.41. The van der Waals surface area contributed by atoms with Crippen LogP contribution in [0.4, 0.5) is 5.82 Å². The number of hydrogen-bond donors (Lipinski definition) is 1. The van der Waals surface area contributed by atoms with Crippen molar-refractivity contribution in [1.29, 1.82) is 0 Å². The Labute approximate surface area is 126 Å². The van der Waals surface area contributed by atoms with Crippen molar-refractivity contribution in [3.8, 4) is 10.4 Å². The van der Waals surface area contributed by atoms with Gasteiger partial charge in [0.1, 0.15) is 9.97 Å². The molecule has 3 aromatic rings. The van der Waals surface area contributed by atoms with Gasteiger partial charge in [0.15, 0.2) is 5.82 Å². The summed E-state index contributed by atoms with van der Waals surface area (Å²) >= 11 is 1.21. The first-order chi connectivity index (χ1) is 10.0. The zero-order valence-electron chi connectivity index (χ0n) is 11.1. The minimum atomic E-state index is -3.64. The highest BCUT2D eigenvalue weighted by Gasteiger charge is 2.19. The van der Waals surface area contributed by atoms with Crippen molar-refractivity contribution in [2.24, 2.45) is 0 Å². The maximum absolute atomic E-state index is 12.3. The number of anilines is 1. The van der Waals surface area contributed by atoms with Crippen molar-refractivity contribution in [2.45, 2.75) is 11.1 Å². The molecule has 7 heteroatoms. The zero-order valence-corrected chi connectivity index (χ0v) is 12.7. The third-order valence-electron chi connectivity index (χ3n) is 2.77. The summed E-state index contributed by atoms with van der Waals surface area (Å²) in [7, 11) is -3.64. The monoisotopic (exact) mass is 320 g/mol. The molecule has 2 aromatic heterocycles. The highest BCUT2D eigenvalue weighted by Crippen LogP contribution is 2.31. The van der Waals surface area contributed by atoms with Crippen molar-refractivity contribution in [3.63, 3.8) is 0 Å². The Balaban J connectivity index is 1.88. The maximum Gasteiger partial charge on any atom is 0.272 e. The molecule has 0 amide bonds. The van der Waals surface area contributed by atoms with Gasteiger partial charge in [0, 0.05) is 10.9 Å². The van der Waals surface area contributed by atoms with Crippen LogP contribution >= 0.6 is 11.3 Å². The summed E-state index contributed by atoms with van der Waals surface area (Å²) in [6, 6.07) is 14.5. The zero-order chi connectivity index (χ0) is 14.9. The van der Waals surface area contributed by atoms with Gasteiger partial charge in [0.2, 0.25) is 0 Å². The van der Waals surface area contributed by atoms with Crippen LogP contribution in [-0.2, 0) is 10.0 Å². The first-order valence-corrected chi connectivity index (χ1v) is 8.46. The molecule has 3 rings (SSSR count). The second-order valence-corrected chi connectivity index (χ2v) is 7.41. The van der Waals surface area contributed by atoms with Crippen LogP contribution in [0.3, 0.4) is 0 Å². The van der Waals surface area contributed by atoms with Gasteiger partial charge in [-0.15, -0.1) is 11.3 Å². The molecule has 0 radical (unpaired) electrons. The van der Waals surface area contributed by atoms with Crippen LogP contribution in [0, 0.1) is 6.92 Å². The number of rotatable bonds is 4. The van der Waals surface area contributed by atoms with E-state index in [1.165, 1.54) is 17.4 Å². The molecule has 0 saturated heterocycles. The van der Waals surface area contributed by atoms with E-state index in [1.807, 2.05) is 30.3 Å². The Hall–Kier alpha value is -2.12. The van der Waals surface area contributed by atoms with E-state index in [2.05, 4.69) is 9.88 Å². The number of nitrogens with one attached hydrogen (secondary N) is 1. The molecule has 1 N–H and O–H groups in total. The molecule has 1 aromatic carbocycles. The molecule has 0 spiro atoms. The van der Waals surface area contributed by atoms with Crippen LogP contribution in [0.5, 0.6) is 0 Å². The van der Waals surface area contributed by atoms with Gasteiger partial charge in [-0.2, -0.15) is 0 Å². The van der Waals surface area contributed by atoms with E-state index in [4.69, 9.17) is 4.52 Å². The fraction of sp³-hybridized carbons (Fsp3) is 0.0714. The van der Waals surface area contributed by atoms with Crippen LogP contribution in [-0.4, -0.2) is 13.6 Å². The van der Waals surface area contributed by atoms with Gasteiger partial charge in [0.05, 0.1) is 0 Å².